The third kappa shape index (κ3) is 3.49. The standard InChI is InChI=1S/C19H15ClFNO2/c1-12(19(23)22-14-9-10-17(21)16(20)11-14)24-18-8-4-6-13-5-2-3-7-15(13)18/h2-12H,1H3,(H,22,23)/t12-/m1/s1. The molecule has 5 heteroatoms. The van der Waals surface area contributed by atoms with Crippen LogP contribution in [0.15, 0.2) is 60.7 Å². The summed E-state index contributed by atoms with van der Waals surface area (Å²) in [6.45, 7) is 1.65. The predicted molar refractivity (Wildman–Crippen MR) is 94.1 cm³/mol. The van der Waals surface area contributed by atoms with Crippen LogP contribution in [-0.2, 0) is 4.79 Å². The molecule has 1 N–H and O–H groups in total. The molecule has 1 amide bonds. The number of hydrogen-bond donors (Lipinski definition) is 1. The molecule has 0 bridgehead atoms. The number of fused-ring (bicyclic) bond motifs is 1. The number of carbonyl (C=O) groups is 1. The molecular formula is C19H15ClFNO2. The van der Waals surface area contributed by atoms with Gasteiger partial charge in [-0.05, 0) is 36.6 Å². The molecule has 0 saturated heterocycles. The number of rotatable bonds is 4. The second-order valence-electron chi connectivity index (χ2n) is 5.36. The Morgan fingerprint density at radius 2 is 1.88 bits per heavy atom. The average molecular weight is 344 g/mol. The Morgan fingerprint density at radius 3 is 2.67 bits per heavy atom. The summed E-state index contributed by atoms with van der Waals surface area (Å²) in [5, 5.41) is 4.59. The van der Waals surface area contributed by atoms with Crippen molar-refractivity contribution in [1.82, 2.24) is 0 Å². The van der Waals surface area contributed by atoms with Crippen molar-refractivity contribution in [1.29, 1.82) is 0 Å². The molecule has 3 aromatic rings. The number of halogens is 2. The third-order valence-electron chi connectivity index (χ3n) is 3.61. The Labute approximate surface area is 144 Å². The van der Waals surface area contributed by atoms with Crippen LogP contribution in [0.4, 0.5) is 10.1 Å². The fourth-order valence-electron chi connectivity index (χ4n) is 2.36. The van der Waals surface area contributed by atoms with Crippen LogP contribution in [0, 0.1) is 5.82 Å². The van der Waals surface area contributed by atoms with Crippen LogP contribution in [0.2, 0.25) is 5.02 Å². The van der Waals surface area contributed by atoms with E-state index < -0.39 is 11.9 Å². The number of benzene rings is 3. The summed E-state index contributed by atoms with van der Waals surface area (Å²) in [4.78, 5) is 12.3. The maximum absolute atomic E-state index is 13.2. The maximum atomic E-state index is 13.2. The Morgan fingerprint density at radius 1 is 1.12 bits per heavy atom. The Hall–Kier alpha value is -2.59. The summed E-state index contributed by atoms with van der Waals surface area (Å²) in [5.74, 6) is -0.242. The van der Waals surface area contributed by atoms with E-state index in [-0.39, 0.29) is 10.9 Å². The maximum Gasteiger partial charge on any atom is 0.265 e. The second kappa shape index (κ2) is 6.89. The molecule has 24 heavy (non-hydrogen) atoms. The summed E-state index contributed by atoms with van der Waals surface area (Å²) in [6.07, 6.45) is -0.723. The molecule has 3 nitrogen and oxygen atoms in total. The molecule has 0 saturated carbocycles. The van der Waals surface area contributed by atoms with Gasteiger partial charge in [0.2, 0.25) is 0 Å². The fourth-order valence-corrected chi connectivity index (χ4v) is 2.54. The highest BCUT2D eigenvalue weighted by Gasteiger charge is 2.16. The van der Waals surface area contributed by atoms with Crippen LogP contribution in [0.5, 0.6) is 5.75 Å². The molecule has 0 heterocycles. The van der Waals surface area contributed by atoms with Gasteiger partial charge in [0.25, 0.3) is 5.91 Å². The van der Waals surface area contributed by atoms with Gasteiger partial charge in [0.15, 0.2) is 6.10 Å². The number of hydrogen-bond acceptors (Lipinski definition) is 2. The first-order valence-electron chi connectivity index (χ1n) is 7.45. The topological polar surface area (TPSA) is 38.3 Å². The van der Waals surface area contributed by atoms with Crippen LogP contribution in [0.3, 0.4) is 0 Å². The fraction of sp³-hybridized carbons (Fsp3) is 0.105. The third-order valence-corrected chi connectivity index (χ3v) is 3.90. The van der Waals surface area contributed by atoms with Crippen LogP contribution in [-0.4, -0.2) is 12.0 Å². The SMILES string of the molecule is C[C@@H](Oc1cccc2ccccc12)C(=O)Nc1ccc(F)c(Cl)c1. The number of anilines is 1. The lowest BCUT2D eigenvalue weighted by atomic mass is 10.1. The van der Waals surface area contributed by atoms with E-state index in [4.69, 9.17) is 16.3 Å². The quantitative estimate of drug-likeness (QED) is 0.720. The molecule has 0 aliphatic heterocycles. The van der Waals surface area contributed by atoms with Gasteiger partial charge in [-0.2, -0.15) is 0 Å². The van der Waals surface area contributed by atoms with Gasteiger partial charge in [0, 0.05) is 11.1 Å². The van der Waals surface area contributed by atoms with E-state index in [0.29, 0.717) is 11.4 Å². The van der Waals surface area contributed by atoms with Crippen LogP contribution >= 0.6 is 11.6 Å². The van der Waals surface area contributed by atoms with E-state index >= 15 is 0 Å². The zero-order chi connectivity index (χ0) is 17.1. The van der Waals surface area contributed by atoms with Gasteiger partial charge in [-0.15, -0.1) is 0 Å². The average Bonchev–Trinajstić information content (AvgIpc) is 2.58. The molecule has 0 unspecified atom stereocenters. The van der Waals surface area contributed by atoms with E-state index in [1.807, 2.05) is 42.5 Å². The zero-order valence-corrected chi connectivity index (χ0v) is 13.7. The van der Waals surface area contributed by atoms with Gasteiger partial charge in [-0.3, -0.25) is 4.79 Å². The van der Waals surface area contributed by atoms with E-state index in [1.54, 1.807) is 6.92 Å². The second-order valence-corrected chi connectivity index (χ2v) is 5.76. The first-order chi connectivity index (χ1) is 11.5. The Kier molecular flexibility index (Phi) is 4.67. The highest BCUT2D eigenvalue weighted by atomic mass is 35.5. The van der Waals surface area contributed by atoms with Crippen LogP contribution < -0.4 is 10.1 Å². The van der Waals surface area contributed by atoms with Gasteiger partial charge in [0.1, 0.15) is 11.6 Å². The molecule has 0 aliphatic carbocycles. The van der Waals surface area contributed by atoms with Crippen LogP contribution in [0.25, 0.3) is 10.8 Å². The Balaban J connectivity index is 1.75. The monoisotopic (exact) mass is 343 g/mol. The van der Waals surface area contributed by atoms with Crippen molar-refractivity contribution < 1.29 is 13.9 Å². The summed E-state index contributed by atoms with van der Waals surface area (Å²) in [5.41, 5.74) is 0.416. The summed E-state index contributed by atoms with van der Waals surface area (Å²) in [6, 6.07) is 17.5. The lowest BCUT2D eigenvalue weighted by molar-refractivity contribution is -0.122. The molecule has 0 fully saturated rings. The van der Waals surface area contributed by atoms with Crippen molar-refractivity contribution >= 4 is 34.0 Å². The van der Waals surface area contributed by atoms with Crippen molar-refractivity contribution in [2.75, 3.05) is 5.32 Å². The van der Waals surface area contributed by atoms with Crippen molar-refractivity contribution in [2.24, 2.45) is 0 Å². The summed E-state index contributed by atoms with van der Waals surface area (Å²) in [7, 11) is 0. The summed E-state index contributed by atoms with van der Waals surface area (Å²) >= 11 is 5.71. The molecule has 0 radical (unpaired) electrons. The van der Waals surface area contributed by atoms with Gasteiger partial charge >= 0.3 is 0 Å². The number of ether oxygens (including phenoxy) is 1. The highest BCUT2D eigenvalue weighted by Crippen LogP contribution is 2.26. The zero-order valence-electron chi connectivity index (χ0n) is 12.9. The minimum Gasteiger partial charge on any atom is -0.480 e. The minimum atomic E-state index is -0.723. The van der Waals surface area contributed by atoms with Gasteiger partial charge in [-0.25, -0.2) is 4.39 Å². The van der Waals surface area contributed by atoms with Crippen molar-refractivity contribution in [3.05, 3.63) is 71.5 Å². The predicted octanol–water partition coefficient (Wildman–Crippen LogP) is 5.04. The molecule has 3 rings (SSSR count). The largest absolute Gasteiger partial charge is 0.480 e. The molecule has 0 aromatic heterocycles. The lowest BCUT2D eigenvalue weighted by Gasteiger charge is -2.16. The van der Waals surface area contributed by atoms with E-state index in [9.17, 15) is 9.18 Å². The number of carbonyl (C=O) groups excluding carboxylic acids is 1. The number of amides is 1. The number of nitrogens with one attached hydrogen (secondary N) is 1. The van der Waals surface area contributed by atoms with Crippen molar-refractivity contribution in [2.45, 2.75) is 13.0 Å². The molecule has 3 aromatic carbocycles. The first-order valence-corrected chi connectivity index (χ1v) is 7.83. The summed E-state index contributed by atoms with van der Waals surface area (Å²) < 4.78 is 19.0. The molecule has 0 aliphatic rings. The highest BCUT2D eigenvalue weighted by molar-refractivity contribution is 6.31. The van der Waals surface area contributed by atoms with Gasteiger partial charge in [0.05, 0.1) is 5.02 Å². The van der Waals surface area contributed by atoms with Crippen molar-refractivity contribution in [3.63, 3.8) is 0 Å². The normalized spacial score (nSPS) is 12.0. The smallest absolute Gasteiger partial charge is 0.265 e. The van der Waals surface area contributed by atoms with Gasteiger partial charge < -0.3 is 10.1 Å². The van der Waals surface area contributed by atoms with E-state index in [0.717, 1.165) is 10.8 Å². The first kappa shape index (κ1) is 16.3. The Bertz CT molecular complexity index is 892. The minimum absolute atomic E-state index is 0.0459. The van der Waals surface area contributed by atoms with Gasteiger partial charge in [-0.1, -0.05) is 48.0 Å². The molecule has 122 valence electrons. The molecule has 0 spiro atoms. The van der Waals surface area contributed by atoms with Crippen molar-refractivity contribution in [3.8, 4) is 5.75 Å². The molecular weight excluding hydrogens is 329 g/mol. The van der Waals surface area contributed by atoms with Crippen LogP contribution in [0.1, 0.15) is 6.92 Å². The molecule has 1 atom stereocenters. The van der Waals surface area contributed by atoms with E-state index in [1.165, 1.54) is 18.2 Å². The lowest BCUT2D eigenvalue weighted by Crippen LogP contribution is -2.30. The van der Waals surface area contributed by atoms with E-state index in [2.05, 4.69) is 5.32 Å².